The molecule has 0 aromatic heterocycles. The second-order valence-corrected chi connectivity index (χ2v) is 11.6. The molecule has 2 N–H and O–H groups in total. The van der Waals surface area contributed by atoms with Crippen molar-refractivity contribution in [2.24, 2.45) is 0 Å². The van der Waals surface area contributed by atoms with Gasteiger partial charge >= 0.3 is 12.0 Å². The van der Waals surface area contributed by atoms with Crippen molar-refractivity contribution < 1.29 is 22.7 Å². The second-order valence-electron chi connectivity index (χ2n) is 9.63. The van der Waals surface area contributed by atoms with Crippen LogP contribution in [0.2, 0.25) is 0 Å². The summed E-state index contributed by atoms with van der Waals surface area (Å²) in [5, 5.41) is 5.52. The van der Waals surface area contributed by atoms with Crippen molar-refractivity contribution in [3.05, 3.63) is 41.1 Å². The number of amides is 2. The van der Waals surface area contributed by atoms with Crippen molar-refractivity contribution in [3.63, 3.8) is 0 Å². The number of ether oxygens (including phenoxy) is 1. The highest BCUT2D eigenvalue weighted by Gasteiger charge is 2.34. The van der Waals surface area contributed by atoms with E-state index in [-0.39, 0.29) is 22.9 Å². The number of sulfonamides is 1. The molecule has 1 atom stereocenters. The number of benzene rings is 1. The predicted octanol–water partition coefficient (Wildman–Crippen LogP) is 2.20. The molecular weight excluding hydrogens is 456 g/mol. The van der Waals surface area contributed by atoms with Crippen molar-refractivity contribution in [2.75, 3.05) is 39.3 Å². The summed E-state index contributed by atoms with van der Waals surface area (Å²) in [7, 11) is -3.59. The summed E-state index contributed by atoms with van der Waals surface area (Å²) < 4.78 is 33.0. The van der Waals surface area contributed by atoms with Crippen LogP contribution in [0.15, 0.2) is 40.4 Å². The zero-order valence-corrected chi connectivity index (χ0v) is 21.5. The second kappa shape index (κ2) is 10.5. The normalized spacial score (nSPS) is 20.6. The number of nitrogens with zero attached hydrogens (tertiary/aromatic N) is 2. The Labute approximate surface area is 202 Å². The first-order chi connectivity index (χ1) is 16.0. The van der Waals surface area contributed by atoms with Gasteiger partial charge in [0.1, 0.15) is 0 Å². The molecule has 3 rings (SSSR count). The Hall–Kier alpha value is -2.43. The van der Waals surface area contributed by atoms with Crippen LogP contribution >= 0.6 is 0 Å². The first-order valence-corrected chi connectivity index (χ1v) is 13.2. The molecule has 0 saturated carbocycles. The van der Waals surface area contributed by atoms with E-state index in [2.05, 4.69) is 31.4 Å². The third kappa shape index (κ3) is 5.79. The van der Waals surface area contributed by atoms with Gasteiger partial charge in [0.15, 0.2) is 0 Å². The molecule has 0 unspecified atom stereocenters. The monoisotopic (exact) mass is 492 g/mol. The largest absolute Gasteiger partial charge is 0.463 e. The van der Waals surface area contributed by atoms with Crippen molar-refractivity contribution in [1.82, 2.24) is 19.8 Å². The lowest BCUT2D eigenvalue weighted by atomic mass is 9.87. The Bertz CT molecular complexity index is 1040. The number of esters is 1. The molecule has 2 aliphatic heterocycles. The lowest BCUT2D eigenvalue weighted by Gasteiger charge is -2.36. The van der Waals surface area contributed by atoms with E-state index in [0.717, 1.165) is 5.56 Å². The van der Waals surface area contributed by atoms with Crippen molar-refractivity contribution >= 4 is 22.0 Å². The summed E-state index contributed by atoms with van der Waals surface area (Å²) >= 11 is 0. The minimum atomic E-state index is -3.59. The summed E-state index contributed by atoms with van der Waals surface area (Å²) in [6.07, 6.45) is 0.561. The van der Waals surface area contributed by atoms with Crippen molar-refractivity contribution in [2.45, 2.75) is 57.4 Å². The van der Waals surface area contributed by atoms with Gasteiger partial charge in [-0.05, 0) is 36.5 Å². The Morgan fingerprint density at radius 3 is 2.24 bits per heavy atom. The van der Waals surface area contributed by atoms with Crippen LogP contribution < -0.4 is 10.6 Å². The van der Waals surface area contributed by atoms with Crippen LogP contribution in [0, 0.1) is 0 Å². The lowest BCUT2D eigenvalue weighted by molar-refractivity contribution is -0.139. The molecule has 34 heavy (non-hydrogen) atoms. The summed E-state index contributed by atoms with van der Waals surface area (Å²) in [6, 6.07) is 6.32. The highest BCUT2D eigenvalue weighted by atomic mass is 32.2. The fourth-order valence-electron chi connectivity index (χ4n) is 4.21. The van der Waals surface area contributed by atoms with E-state index in [4.69, 9.17) is 4.74 Å². The van der Waals surface area contributed by atoms with Gasteiger partial charge in [0, 0.05) is 38.4 Å². The Morgan fingerprint density at radius 1 is 1.09 bits per heavy atom. The zero-order valence-electron chi connectivity index (χ0n) is 20.7. The van der Waals surface area contributed by atoms with Crippen LogP contribution in [-0.4, -0.2) is 75.0 Å². The van der Waals surface area contributed by atoms with E-state index in [1.54, 1.807) is 19.1 Å². The highest BCUT2D eigenvalue weighted by molar-refractivity contribution is 7.89. The molecule has 1 aromatic carbocycles. The molecule has 0 radical (unpaired) electrons. The Kier molecular flexibility index (Phi) is 8.05. The maximum atomic E-state index is 13.2. The third-order valence-corrected chi connectivity index (χ3v) is 8.13. The number of nitrogens with one attached hydrogen (secondary N) is 2. The number of hydrogen-bond donors (Lipinski definition) is 2. The van der Waals surface area contributed by atoms with Crippen LogP contribution in [0.4, 0.5) is 4.79 Å². The van der Waals surface area contributed by atoms with Gasteiger partial charge in [-0.25, -0.2) is 18.0 Å². The van der Waals surface area contributed by atoms with Gasteiger partial charge < -0.3 is 15.4 Å². The Morgan fingerprint density at radius 2 is 1.71 bits per heavy atom. The maximum absolute atomic E-state index is 13.2. The van der Waals surface area contributed by atoms with Gasteiger partial charge in [0.25, 0.3) is 0 Å². The van der Waals surface area contributed by atoms with E-state index in [1.165, 1.54) is 4.31 Å². The zero-order chi connectivity index (χ0) is 25.1. The molecule has 188 valence electrons. The minimum absolute atomic E-state index is 0.0498. The topological polar surface area (TPSA) is 108 Å². The average molecular weight is 493 g/mol. The van der Waals surface area contributed by atoms with Gasteiger partial charge in [-0.15, -0.1) is 0 Å². The smallest absolute Gasteiger partial charge is 0.337 e. The number of urea groups is 1. The van der Waals surface area contributed by atoms with Gasteiger partial charge in [0.2, 0.25) is 10.0 Å². The molecule has 1 saturated heterocycles. The van der Waals surface area contributed by atoms with Crippen LogP contribution in [0.25, 0.3) is 0 Å². The molecule has 2 amide bonds. The molecule has 2 heterocycles. The maximum Gasteiger partial charge on any atom is 0.337 e. The van der Waals surface area contributed by atoms with Gasteiger partial charge in [-0.2, -0.15) is 4.31 Å². The first-order valence-electron chi connectivity index (χ1n) is 11.8. The molecule has 0 bridgehead atoms. The average Bonchev–Trinajstić information content (AvgIpc) is 2.78. The summed E-state index contributed by atoms with van der Waals surface area (Å²) in [5.74, 6) is -0.447. The summed E-state index contributed by atoms with van der Waals surface area (Å²) in [6.45, 7) is 12.1. The number of carbonyl (C=O) groups is 2. The first kappa shape index (κ1) is 26.2. The number of rotatable bonds is 7. The third-order valence-electron chi connectivity index (χ3n) is 6.22. The lowest BCUT2D eigenvalue weighted by Crippen LogP contribution is -2.54. The SMILES string of the molecule is CCOC(=O)C1=C(CN2CCN(S(=O)(=O)c3ccc(C(C)(C)C)cc3)CC2)NC(=O)N[C@H]1CC. The quantitative estimate of drug-likeness (QED) is 0.565. The van der Waals surface area contributed by atoms with E-state index in [1.807, 2.05) is 24.0 Å². The molecular formula is C24H36N4O5S. The summed E-state index contributed by atoms with van der Waals surface area (Å²) in [5.41, 5.74) is 1.98. The number of hydrogen-bond acceptors (Lipinski definition) is 6. The molecule has 0 aliphatic carbocycles. The van der Waals surface area contributed by atoms with Crippen molar-refractivity contribution in [3.8, 4) is 0 Å². The molecule has 0 spiro atoms. The highest BCUT2D eigenvalue weighted by Crippen LogP contribution is 2.25. The van der Waals surface area contributed by atoms with Crippen LogP contribution in [-0.2, 0) is 25.0 Å². The Balaban J connectivity index is 1.71. The van der Waals surface area contributed by atoms with Gasteiger partial charge in [-0.1, -0.05) is 39.8 Å². The molecule has 1 fully saturated rings. The van der Waals surface area contributed by atoms with Gasteiger partial charge in [-0.3, -0.25) is 4.90 Å². The van der Waals surface area contributed by atoms with Gasteiger partial charge in [0.05, 0.1) is 23.1 Å². The fourth-order valence-corrected chi connectivity index (χ4v) is 5.64. The molecule has 10 heteroatoms. The van der Waals surface area contributed by atoms with E-state index in [9.17, 15) is 18.0 Å². The predicted molar refractivity (Wildman–Crippen MR) is 130 cm³/mol. The van der Waals surface area contributed by atoms with E-state index in [0.29, 0.717) is 50.4 Å². The standard InChI is InChI=1S/C24H36N4O5S/c1-6-19-21(22(29)33-7-2)20(26-23(30)25-19)16-27-12-14-28(15-13-27)34(31,32)18-10-8-17(9-11-18)24(3,4)5/h8-11,19H,6-7,12-16H2,1-5H3,(H2,25,26,30)/t19-/m0/s1. The summed E-state index contributed by atoms with van der Waals surface area (Å²) in [4.78, 5) is 27.0. The van der Waals surface area contributed by atoms with E-state index < -0.39 is 22.0 Å². The molecule has 1 aromatic rings. The van der Waals surface area contributed by atoms with Crippen LogP contribution in [0.5, 0.6) is 0 Å². The minimum Gasteiger partial charge on any atom is -0.463 e. The number of carbonyl (C=O) groups excluding carboxylic acids is 2. The van der Waals surface area contributed by atoms with Crippen LogP contribution in [0.1, 0.15) is 46.6 Å². The molecule has 9 nitrogen and oxygen atoms in total. The number of piperazine rings is 1. The fraction of sp³-hybridized carbons (Fsp3) is 0.583. The van der Waals surface area contributed by atoms with E-state index >= 15 is 0 Å². The van der Waals surface area contributed by atoms with Crippen LogP contribution in [0.3, 0.4) is 0 Å². The molecule has 2 aliphatic rings. The van der Waals surface area contributed by atoms with Crippen molar-refractivity contribution in [1.29, 1.82) is 0 Å².